The van der Waals surface area contributed by atoms with Crippen molar-refractivity contribution in [2.24, 2.45) is 11.8 Å². The fourth-order valence-electron chi connectivity index (χ4n) is 7.16. The molecule has 2 heteroatoms. The van der Waals surface area contributed by atoms with E-state index >= 15 is 0 Å². The van der Waals surface area contributed by atoms with Gasteiger partial charge >= 0.3 is 0 Å². The first-order valence-corrected chi connectivity index (χ1v) is 12.1. The second-order valence-corrected chi connectivity index (χ2v) is 11.1. The fourth-order valence-corrected chi connectivity index (χ4v) is 7.16. The second kappa shape index (κ2) is 8.14. The Morgan fingerprint density at radius 1 is 0.719 bits per heavy atom. The van der Waals surface area contributed by atoms with E-state index in [4.69, 9.17) is 9.47 Å². The Kier molecular flexibility index (Phi) is 5.43. The summed E-state index contributed by atoms with van der Waals surface area (Å²) in [6.07, 6.45) is 8.07. The summed E-state index contributed by atoms with van der Waals surface area (Å²) in [4.78, 5) is 0. The number of rotatable bonds is 8. The monoisotopic (exact) mass is 428 g/mol. The zero-order valence-electron chi connectivity index (χ0n) is 19.7. The summed E-state index contributed by atoms with van der Waals surface area (Å²) >= 11 is 0. The molecule has 0 radical (unpaired) electrons. The minimum Gasteiger partial charge on any atom is -0.489 e. The van der Waals surface area contributed by atoms with Crippen LogP contribution in [0.5, 0.6) is 11.5 Å². The lowest BCUT2D eigenvalue weighted by atomic mass is 9.42. The quantitative estimate of drug-likeness (QED) is 0.408. The first kappa shape index (κ1) is 21.4. The van der Waals surface area contributed by atoms with Gasteiger partial charge in [0.1, 0.15) is 24.7 Å². The Balaban J connectivity index is 1.39. The molecule has 168 valence electrons. The zero-order valence-corrected chi connectivity index (χ0v) is 19.7. The largest absolute Gasteiger partial charge is 0.489 e. The predicted octanol–water partition coefficient (Wildman–Crippen LogP) is 7.39. The van der Waals surface area contributed by atoms with Crippen LogP contribution in [0.15, 0.2) is 72.8 Å². The van der Waals surface area contributed by atoms with Crippen molar-refractivity contribution in [3.63, 3.8) is 0 Å². The molecular formula is C30H36O2. The van der Waals surface area contributed by atoms with Gasteiger partial charge in [-0.1, -0.05) is 37.4 Å². The van der Waals surface area contributed by atoms with Crippen LogP contribution in [0.25, 0.3) is 0 Å². The Morgan fingerprint density at radius 3 is 1.44 bits per heavy atom. The van der Waals surface area contributed by atoms with Crippen LogP contribution in [0.3, 0.4) is 0 Å². The highest BCUT2D eigenvalue weighted by Crippen LogP contribution is 2.66. The normalized spacial score (nSPS) is 30.2. The highest BCUT2D eigenvalue weighted by molar-refractivity contribution is 5.41. The number of benzene rings is 2. The summed E-state index contributed by atoms with van der Waals surface area (Å²) in [6, 6.07) is 18.0. The van der Waals surface area contributed by atoms with E-state index in [2.05, 4.69) is 61.7 Å². The molecule has 0 aromatic heterocycles. The minimum absolute atomic E-state index is 0.312. The van der Waals surface area contributed by atoms with E-state index in [-0.39, 0.29) is 0 Å². The maximum absolute atomic E-state index is 5.86. The molecule has 0 atom stereocenters. The van der Waals surface area contributed by atoms with E-state index in [1.165, 1.54) is 49.7 Å². The van der Waals surface area contributed by atoms with Gasteiger partial charge in [-0.3, -0.25) is 0 Å². The van der Waals surface area contributed by atoms with Crippen LogP contribution in [-0.4, -0.2) is 13.2 Å². The Bertz CT molecular complexity index is 905. The maximum Gasteiger partial charge on any atom is 0.119 e. The lowest BCUT2D eigenvalue weighted by Crippen LogP contribution is -2.55. The molecule has 4 aliphatic rings. The van der Waals surface area contributed by atoms with Crippen molar-refractivity contribution in [3.05, 3.63) is 84.0 Å². The average Bonchev–Trinajstić information content (AvgIpc) is 2.76. The minimum atomic E-state index is 0.312. The standard InChI is InChI=1S/C30H36O2/c1-21(2)18-31-27-9-5-25(6-10-27)29-14-23-13-24(15-29)17-30(16-23,20-29)26-7-11-28(12-8-26)32-19-22(3)4/h5-12,23-24H,1,3,13-20H2,2,4H3. The Morgan fingerprint density at radius 2 is 1.09 bits per heavy atom. The van der Waals surface area contributed by atoms with E-state index in [0.29, 0.717) is 24.0 Å². The molecule has 0 unspecified atom stereocenters. The van der Waals surface area contributed by atoms with E-state index in [0.717, 1.165) is 34.5 Å². The van der Waals surface area contributed by atoms with E-state index < -0.39 is 0 Å². The molecule has 0 saturated heterocycles. The smallest absolute Gasteiger partial charge is 0.119 e. The van der Waals surface area contributed by atoms with Crippen LogP contribution in [0.1, 0.15) is 63.5 Å². The molecule has 32 heavy (non-hydrogen) atoms. The summed E-state index contributed by atoms with van der Waals surface area (Å²) in [5.41, 5.74) is 5.75. The first-order valence-electron chi connectivity index (χ1n) is 12.1. The van der Waals surface area contributed by atoms with Gasteiger partial charge in [0.2, 0.25) is 0 Å². The number of hydrogen-bond donors (Lipinski definition) is 0. The third-order valence-corrected chi connectivity index (χ3v) is 7.96. The molecular weight excluding hydrogens is 392 g/mol. The van der Waals surface area contributed by atoms with E-state index in [1.807, 2.05) is 13.8 Å². The van der Waals surface area contributed by atoms with Crippen LogP contribution >= 0.6 is 0 Å². The lowest BCUT2D eigenvalue weighted by molar-refractivity contribution is -0.0281. The summed E-state index contributed by atoms with van der Waals surface area (Å²) in [7, 11) is 0. The molecule has 4 bridgehead atoms. The highest BCUT2D eigenvalue weighted by atomic mass is 16.5. The van der Waals surface area contributed by atoms with Crippen molar-refractivity contribution in [1.82, 2.24) is 0 Å². The molecule has 0 N–H and O–H groups in total. The van der Waals surface area contributed by atoms with Crippen molar-refractivity contribution in [2.45, 2.75) is 63.2 Å². The van der Waals surface area contributed by atoms with Gasteiger partial charge in [-0.2, -0.15) is 0 Å². The topological polar surface area (TPSA) is 18.5 Å². The predicted molar refractivity (Wildman–Crippen MR) is 132 cm³/mol. The van der Waals surface area contributed by atoms with Crippen LogP contribution < -0.4 is 9.47 Å². The summed E-state index contributed by atoms with van der Waals surface area (Å²) in [6.45, 7) is 13.1. The molecule has 0 aliphatic heterocycles. The molecule has 4 saturated carbocycles. The second-order valence-electron chi connectivity index (χ2n) is 11.1. The molecule has 0 heterocycles. The van der Waals surface area contributed by atoms with Gasteiger partial charge in [0.15, 0.2) is 0 Å². The van der Waals surface area contributed by atoms with Crippen LogP contribution in [0, 0.1) is 11.8 Å². The van der Waals surface area contributed by atoms with Gasteiger partial charge in [0.25, 0.3) is 0 Å². The van der Waals surface area contributed by atoms with Gasteiger partial charge in [0.05, 0.1) is 0 Å². The molecule has 0 amide bonds. The molecule has 2 aromatic carbocycles. The summed E-state index contributed by atoms with van der Waals surface area (Å²) < 4.78 is 11.7. The molecule has 2 aromatic rings. The maximum atomic E-state index is 5.86. The van der Waals surface area contributed by atoms with Gasteiger partial charge < -0.3 is 9.47 Å². The molecule has 4 aliphatic carbocycles. The highest BCUT2D eigenvalue weighted by Gasteiger charge is 2.58. The third-order valence-electron chi connectivity index (χ3n) is 7.96. The van der Waals surface area contributed by atoms with Crippen molar-refractivity contribution < 1.29 is 9.47 Å². The third kappa shape index (κ3) is 4.00. The van der Waals surface area contributed by atoms with Crippen LogP contribution in [-0.2, 0) is 10.8 Å². The van der Waals surface area contributed by atoms with Gasteiger partial charge in [-0.25, -0.2) is 0 Å². The number of hydrogen-bond acceptors (Lipinski definition) is 2. The lowest BCUT2D eigenvalue weighted by Gasteiger charge is -2.62. The van der Waals surface area contributed by atoms with Crippen molar-refractivity contribution in [3.8, 4) is 11.5 Å². The van der Waals surface area contributed by atoms with E-state index in [1.54, 1.807) is 0 Å². The SMILES string of the molecule is C=C(C)COc1ccc(C23CC4CC(C2)CC(c2ccc(OCC(=C)C)cc2)(C4)C3)cc1. The molecule has 4 fully saturated rings. The van der Waals surface area contributed by atoms with Crippen molar-refractivity contribution in [1.29, 1.82) is 0 Å². The van der Waals surface area contributed by atoms with Crippen molar-refractivity contribution in [2.75, 3.05) is 13.2 Å². The Labute approximate surface area is 193 Å². The molecule has 6 rings (SSSR count). The Hall–Kier alpha value is -2.48. The first-order chi connectivity index (χ1) is 15.4. The van der Waals surface area contributed by atoms with Crippen LogP contribution in [0.4, 0.5) is 0 Å². The van der Waals surface area contributed by atoms with Gasteiger partial charge in [-0.15, -0.1) is 0 Å². The van der Waals surface area contributed by atoms with E-state index in [9.17, 15) is 0 Å². The summed E-state index contributed by atoms with van der Waals surface area (Å²) in [5, 5.41) is 0. The van der Waals surface area contributed by atoms with Crippen LogP contribution in [0.2, 0.25) is 0 Å². The average molecular weight is 429 g/mol. The number of ether oxygens (including phenoxy) is 2. The summed E-state index contributed by atoms with van der Waals surface area (Å²) in [5.74, 6) is 3.58. The molecule has 0 spiro atoms. The fraction of sp³-hybridized carbons (Fsp3) is 0.467. The van der Waals surface area contributed by atoms with Crippen molar-refractivity contribution >= 4 is 0 Å². The molecule has 2 nitrogen and oxygen atoms in total. The zero-order chi connectivity index (χ0) is 22.3. The van der Waals surface area contributed by atoms with Gasteiger partial charge in [0, 0.05) is 0 Å². The van der Waals surface area contributed by atoms with Gasteiger partial charge in [-0.05, 0) is 122 Å².